The van der Waals surface area contributed by atoms with Crippen LogP contribution in [0.15, 0.2) is 34.7 Å². The molecule has 1 aromatic carbocycles. The Morgan fingerprint density at radius 3 is 2.74 bits per heavy atom. The Labute approximate surface area is 114 Å². The normalized spacial score (nSPS) is 10.8. The Kier molecular flexibility index (Phi) is 2.76. The van der Waals surface area contributed by atoms with Gasteiger partial charge in [0.1, 0.15) is 5.76 Å². The molecule has 96 valence electrons. The van der Waals surface area contributed by atoms with Gasteiger partial charge in [0.15, 0.2) is 11.6 Å². The minimum absolute atomic E-state index is 0.182. The Bertz CT molecular complexity index is 732. The molecule has 0 unspecified atom stereocenters. The van der Waals surface area contributed by atoms with Gasteiger partial charge in [-0.1, -0.05) is 23.2 Å². The number of H-pyrrole nitrogens is 1. The molecule has 0 radical (unpaired) electrons. The number of hydrogen-bond acceptors (Lipinski definition) is 4. The van der Waals surface area contributed by atoms with Crippen LogP contribution in [-0.4, -0.2) is 15.2 Å². The molecule has 3 rings (SSSR count). The van der Waals surface area contributed by atoms with Crippen LogP contribution in [-0.2, 0) is 0 Å². The van der Waals surface area contributed by atoms with E-state index in [1.54, 1.807) is 6.07 Å². The predicted molar refractivity (Wildman–Crippen MR) is 73.7 cm³/mol. The van der Waals surface area contributed by atoms with Crippen LogP contribution in [0, 0.1) is 6.92 Å². The van der Waals surface area contributed by atoms with Gasteiger partial charge in [0, 0.05) is 5.56 Å². The third kappa shape index (κ3) is 2.20. The number of aromatic amines is 1. The lowest BCUT2D eigenvalue weighted by Crippen LogP contribution is -1.85. The van der Waals surface area contributed by atoms with Crippen molar-refractivity contribution in [2.75, 3.05) is 5.73 Å². The highest BCUT2D eigenvalue weighted by molar-refractivity contribution is 6.33. The highest BCUT2D eigenvalue weighted by Crippen LogP contribution is 2.32. The van der Waals surface area contributed by atoms with E-state index in [-0.39, 0.29) is 5.95 Å². The van der Waals surface area contributed by atoms with Crippen molar-refractivity contribution in [2.45, 2.75) is 6.92 Å². The number of nitrogens with zero attached hydrogens (tertiary/aromatic N) is 2. The molecule has 6 heteroatoms. The number of nitrogens with one attached hydrogen (secondary N) is 1. The zero-order chi connectivity index (χ0) is 13.4. The maximum atomic E-state index is 6.17. The molecule has 0 atom stereocenters. The van der Waals surface area contributed by atoms with Crippen molar-refractivity contribution in [3.8, 4) is 22.9 Å². The number of anilines is 1. The number of nitrogens with two attached hydrogens (primary N) is 1. The largest absolute Gasteiger partial charge is 0.453 e. The zero-order valence-corrected chi connectivity index (χ0v) is 10.9. The van der Waals surface area contributed by atoms with Gasteiger partial charge in [-0.05, 0) is 31.2 Å². The fourth-order valence-corrected chi connectivity index (χ4v) is 2.03. The number of nitrogen functional groups attached to an aromatic ring is 1. The van der Waals surface area contributed by atoms with Crippen LogP contribution in [0.25, 0.3) is 22.9 Å². The molecule has 3 aromatic rings. The Balaban J connectivity index is 2.03. The SMILES string of the molecule is Cc1ccc(Cl)c(-c2ccc(-c3nc(N)n[nH]3)o2)c1. The summed E-state index contributed by atoms with van der Waals surface area (Å²) in [5, 5.41) is 7.10. The number of halogens is 1. The van der Waals surface area contributed by atoms with E-state index in [9.17, 15) is 0 Å². The lowest BCUT2D eigenvalue weighted by atomic mass is 10.1. The van der Waals surface area contributed by atoms with E-state index in [1.165, 1.54) is 0 Å². The second kappa shape index (κ2) is 4.44. The second-order valence-electron chi connectivity index (χ2n) is 4.19. The standard InChI is InChI=1S/C13H11ClN4O/c1-7-2-3-9(14)8(6-7)10-4-5-11(19-10)12-16-13(15)18-17-12/h2-6H,1H3,(H3,15,16,17,18). The molecule has 0 saturated heterocycles. The second-order valence-corrected chi connectivity index (χ2v) is 4.60. The van der Waals surface area contributed by atoms with Crippen molar-refractivity contribution in [3.05, 3.63) is 40.9 Å². The molecule has 0 aliphatic rings. The molecule has 3 N–H and O–H groups in total. The van der Waals surface area contributed by atoms with Gasteiger partial charge in [0.25, 0.3) is 0 Å². The fourth-order valence-electron chi connectivity index (χ4n) is 1.82. The van der Waals surface area contributed by atoms with Gasteiger partial charge < -0.3 is 10.2 Å². The molecule has 0 aliphatic heterocycles. The quantitative estimate of drug-likeness (QED) is 0.751. The molecule has 19 heavy (non-hydrogen) atoms. The highest BCUT2D eigenvalue weighted by Gasteiger charge is 2.12. The van der Waals surface area contributed by atoms with Crippen molar-refractivity contribution in [2.24, 2.45) is 0 Å². The molecule has 2 aromatic heterocycles. The van der Waals surface area contributed by atoms with E-state index in [2.05, 4.69) is 15.2 Å². The van der Waals surface area contributed by atoms with Crippen LogP contribution in [0.3, 0.4) is 0 Å². The first kappa shape index (κ1) is 11.8. The van der Waals surface area contributed by atoms with Crippen LogP contribution in [0.1, 0.15) is 5.56 Å². The lowest BCUT2D eigenvalue weighted by molar-refractivity contribution is 0.592. The predicted octanol–water partition coefficient (Wildman–Crippen LogP) is 3.28. The minimum atomic E-state index is 0.182. The molecule has 0 spiro atoms. The molecular weight excluding hydrogens is 264 g/mol. The van der Waals surface area contributed by atoms with Crippen molar-refractivity contribution >= 4 is 17.5 Å². The molecule has 0 fully saturated rings. The van der Waals surface area contributed by atoms with E-state index < -0.39 is 0 Å². The molecule has 2 heterocycles. The maximum Gasteiger partial charge on any atom is 0.239 e. The number of benzene rings is 1. The van der Waals surface area contributed by atoms with Crippen molar-refractivity contribution in [3.63, 3.8) is 0 Å². The van der Waals surface area contributed by atoms with Crippen LogP contribution in [0.2, 0.25) is 5.02 Å². The van der Waals surface area contributed by atoms with E-state index in [4.69, 9.17) is 21.8 Å². The highest BCUT2D eigenvalue weighted by atomic mass is 35.5. The Morgan fingerprint density at radius 1 is 1.21 bits per heavy atom. The Morgan fingerprint density at radius 2 is 2.00 bits per heavy atom. The smallest absolute Gasteiger partial charge is 0.239 e. The van der Waals surface area contributed by atoms with Crippen LogP contribution in [0.5, 0.6) is 0 Å². The number of rotatable bonds is 2. The Hall–Kier alpha value is -2.27. The number of hydrogen-bond donors (Lipinski definition) is 2. The summed E-state index contributed by atoms with van der Waals surface area (Å²) in [6.07, 6.45) is 0. The molecular formula is C13H11ClN4O. The van der Waals surface area contributed by atoms with Crippen LogP contribution < -0.4 is 5.73 Å². The van der Waals surface area contributed by atoms with Gasteiger partial charge in [-0.3, -0.25) is 5.10 Å². The monoisotopic (exact) mass is 274 g/mol. The van der Waals surface area contributed by atoms with Gasteiger partial charge in [-0.2, -0.15) is 4.98 Å². The molecule has 0 saturated carbocycles. The van der Waals surface area contributed by atoms with Crippen LogP contribution in [0.4, 0.5) is 5.95 Å². The topological polar surface area (TPSA) is 80.7 Å². The average Bonchev–Trinajstić information content (AvgIpc) is 3.00. The van der Waals surface area contributed by atoms with Gasteiger partial charge in [-0.25, -0.2) is 0 Å². The van der Waals surface area contributed by atoms with Crippen LogP contribution >= 0.6 is 11.6 Å². The first-order valence-electron chi connectivity index (χ1n) is 5.68. The van der Waals surface area contributed by atoms with E-state index in [1.807, 2.05) is 31.2 Å². The van der Waals surface area contributed by atoms with E-state index >= 15 is 0 Å². The van der Waals surface area contributed by atoms with E-state index in [0.717, 1.165) is 11.1 Å². The van der Waals surface area contributed by atoms with Crippen molar-refractivity contribution in [1.29, 1.82) is 0 Å². The summed E-state index contributed by atoms with van der Waals surface area (Å²) in [4.78, 5) is 4.01. The molecule has 0 aliphatic carbocycles. The van der Waals surface area contributed by atoms with Crippen molar-refractivity contribution in [1.82, 2.24) is 15.2 Å². The summed E-state index contributed by atoms with van der Waals surface area (Å²) in [5.41, 5.74) is 7.42. The first-order valence-corrected chi connectivity index (χ1v) is 6.06. The summed E-state index contributed by atoms with van der Waals surface area (Å²) in [6.45, 7) is 2.00. The van der Waals surface area contributed by atoms with Crippen molar-refractivity contribution < 1.29 is 4.42 Å². The third-order valence-electron chi connectivity index (χ3n) is 2.73. The average molecular weight is 275 g/mol. The summed E-state index contributed by atoms with van der Waals surface area (Å²) < 4.78 is 5.73. The summed E-state index contributed by atoms with van der Waals surface area (Å²) in [6, 6.07) is 9.41. The molecule has 5 nitrogen and oxygen atoms in total. The zero-order valence-electron chi connectivity index (χ0n) is 10.1. The number of aromatic nitrogens is 3. The molecule has 0 amide bonds. The number of furan rings is 1. The summed E-state index contributed by atoms with van der Waals surface area (Å²) in [5.74, 6) is 1.92. The third-order valence-corrected chi connectivity index (χ3v) is 3.06. The van der Waals surface area contributed by atoms with Gasteiger partial charge in [0.2, 0.25) is 5.95 Å². The minimum Gasteiger partial charge on any atom is -0.453 e. The summed E-state index contributed by atoms with van der Waals surface area (Å²) >= 11 is 6.17. The molecule has 0 bridgehead atoms. The fraction of sp³-hybridized carbons (Fsp3) is 0.0769. The lowest BCUT2D eigenvalue weighted by Gasteiger charge is -2.02. The first-order chi connectivity index (χ1) is 9.13. The van der Waals surface area contributed by atoms with Gasteiger partial charge in [0.05, 0.1) is 5.02 Å². The maximum absolute atomic E-state index is 6.17. The van der Waals surface area contributed by atoms with Gasteiger partial charge in [-0.15, -0.1) is 5.10 Å². The summed E-state index contributed by atoms with van der Waals surface area (Å²) in [7, 11) is 0. The number of aryl methyl sites for hydroxylation is 1. The van der Waals surface area contributed by atoms with Gasteiger partial charge >= 0.3 is 0 Å². The van der Waals surface area contributed by atoms with E-state index in [0.29, 0.717) is 22.4 Å².